The lowest BCUT2D eigenvalue weighted by molar-refractivity contribution is -0.140. The maximum absolute atomic E-state index is 14.2. The Balaban J connectivity index is 1.91. The van der Waals surface area contributed by atoms with Gasteiger partial charge in [-0.25, -0.2) is 4.39 Å². The second-order valence-electron chi connectivity index (χ2n) is 9.96. The molecule has 0 saturated carbocycles. The molecular weight excluding hydrogens is 505 g/mol. The molecule has 3 aromatic rings. The Labute approximate surface area is 229 Å². The van der Waals surface area contributed by atoms with E-state index in [0.717, 1.165) is 23.1 Å². The molecule has 3 rings (SSSR count). The highest BCUT2D eigenvalue weighted by molar-refractivity contribution is 6.31. The van der Waals surface area contributed by atoms with Crippen LogP contribution in [0.2, 0.25) is 5.02 Å². The van der Waals surface area contributed by atoms with Gasteiger partial charge >= 0.3 is 5.97 Å². The lowest BCUT2D eigenvalue weighted by Crippen LogP contribution is -2.30. The van der Waals surface area contributed by atoms with Gasteiger partial charge in [-0.05, 0) is 68.0 Å². The molecule has 0 radical (unpaired) electrons. The first-order valence-electron chi connectivity index (χ1n) is 12.7. The summed E-state index contributed by atoms with van der Waals surface area (Å²) in [6.45, 7) is 8.22. The Morgan fingerprint density at radius 2 is 1.74 bits per heavy atom. The zero-order chi connectivity index (χ0) is 27.8. The Bertz CT molecular complexity index is 1250. The summed E-state index contributed by atoms with van der Waals surface area (Å²) in [6.07, 6.45) is 1.22. The zero-order valence-electron chi connectivity index (χ0n) is 22.6. The molecule has 0 spiro atoms. The molecule has 0 aromatic heterocycles. The van der Waals surface area contributed by atoms with E-state index in [-0.39, 0.29) is 41.5 Å². The standard InChI is InChI=1S/C31H35ClFNO4/c1-19(2)13-29(23-15-20(3)14-21(4)16-23)34-31(36)25-17-24(11-9-22(25)10-12-30(35)37-5)38-18-26-27(32)7-6-8-28(26)33/h6-9,11,14-17,19,29H,10,12-13,18H2,1-5H3,(H,34,36)/t29-/m1/s1. The second kappa shape index (κ2) is 13.4. The molecule has 0 aliphatic carbocycles. The molecule has 38 heavy (non-hydrogen) atoms. The molecule has 3 aromatic carbocycles. The van der Waals surface area contributed by atoms with Gasteiger partial charge in [0.25, 0.3) is 5.91 Å². The zero-order valence-corrected chi connectivity index (χ0v) is 23.3. The molecule has 7 heteroatoms. The van der Waals surface area contributed by atoms with Crippen LogP contribution >= 0.6 is 11.6 Å². The summed E-state index contributed by atoms with van der Waals surface area (Å²) >= 11 is 6.14. The first-order chi connectivity index (χ1) is 18.1. The topological polar surface area (TPSA) is 64.6 Å². The monoisotopic (exact) mass is 539 g/mol. The second-order valence-corrected chi connectivity index (χ2v) is 10.4. The molecule has 202 valence electrons. The third kappa shape index (κ3) is 8.06. The van der Waals surface area contributed by atoms with Crippen molar-refractivity contribution in [3.63, 3.8) is 0 Å². The fraction of sp³-hybridized carbons (Fsp3) is 0.355. The van der Waals surface area contributed by atoms with Crippen molar-refractivity contribution in [3.05, 3.63) is 98.8 Å². The summed E-state index contributed by atoms with van der Waals surface area (Å²) in [6, 6.07) is 15.6. The average Bonchev–Trinajstić information content (AvgIpc) is 2.86. The van der Waals surface area contributed by atoms with E-state index in [4.69, 9.17) is 21.1 Å². The van der Waals surface area contributed by atoms with E-state index in [9.17, 15) is 14.0 Å². The van der Waals surface area contributed by atoms with Crippen LogP contribution < -0.4 is 10.1 Å². The number of hydrogen-bond acceptors (Lipinski definition) is 4. The van der Waals surface area contributed by atoms with Crippen LogP contribution in [0.15, 0.2) is 54.6 Å². The van der Waals surface area contributed by atoms with Crippen molar-refractivity contribution in [2.24, 2.45) is 5.92 Å². The van der Waals surface area contributed by atoms with E-state index in [1.165, 1.54) is 19.2 Å². The van der Waals surface area contributed by atoms with Crippen molar-refractivity contribution in [1.82, 2.24) is 5.32 Å². The molecule has 0 saturated heterocycles. The number of hydrogen-bond donors (Lipinski definition) is 1. The van der Waals surface area contributed by atoms with Gasteiger partial charge in [-0.3, -0.25) is 9.59 Å². The number of halogens is 2. The van der Waals surface area contributed by atoms with E-state index in [1.807, 2.05) is 13.8 Å². The fourth-order valence-corrected chi connectivity index (χ4v) is 4.65. The summed E-state index contributed by atoms with van der Waals surface area (Å²) in [5.41, 5.74) is 4.62. The molecule has 0 aliphatic heterocycles. The maximum Gasteiger partial charge on any atom is 0.305 e. The molecule has 0 unspecified atom stereocenters. The number of aryl methyl sites for hydroxylation is 3. The normalized spacial score (nSPS) is 11.8. The first-order valence-corrected chi connectivity index (χ1v) is 13.1. The van der Waals surface area contributed by atoms with Gasteiger partial charge in [0.1, 0.15) is 18.2 Å². The molecular formula is C31H35ClFNO4. The van der Waals surface area contributed by atoms with Crippen LogP contribution in [0.3, 0.4) is 0 Å². The summed E-state index contributed by atoms with van der Waals surface area (Å²) < 4.78 is 24.8. The molecule has 5 nitrogen and oxygen atoms in total. The van der Waals surface area contributed by atoms with E-state index < -0.39 is 5.82 Å². The molecule has 1 N–H and O–H groups in total. The lowest BCUT2D eigenvalue weighted by atomic mass is 9.93. The maximum atomic E-state index is 14.2. The van der Waals surface area contributed by atoms with E-state index in [2.05, 4.69) is 37.4 Å². The van der Waals surface area contributed by atoms with Crippen molar-refractivity contribution in [2.75, 3.05) is 7.11 Å². The van der Waals surface area contributed by atoms with Gasteiger partial charge in [-0.15, -0.1) is 0 Å². The molecule has 1 amide bonds. The lowest BCUT2D eigenvalue weighted by Gasteiger charge is -2.23. The first kappa shape index (κ1) is 29.2. The molecule has 0 fully saturated rings. The summed E-state index contributed by atoms with van der Waals surface area (Å²) in [5.74, 6) is -0.360. The Morgan fingerprint density at radius 1 is 1.03 bits per heavy atom. The van der Waals surface area contributed by atoms with Gasteiger partial charge in [0.05, 0.1) is 18.2 Å². The van der Waals surface area contributed by atoms with Crippen molar-refractivity contribution in [2.45, 2.75) is 59.6 Å². The van der Waals surface area contributed by atoms with E-state index in [0.29, 0.717) is 29.2 Å². The molecule has 0 aliphatic rings. The third-order valence-electron chi connectivity index (χ3n) is 6.26. The van der Waals surface area contributed by atoms with Crippen LogP contribution in [-0.4, -0.2) is 19.0 Å². The Morgan fingerprint density at radius 3 is 2.37 bits per heavy atom. The SMILES string of the molecule is COC(=O)CCc1ccc(OCc2c(F)cccc2Cl)cc1C(=O)N[C@H](CC(C)C)c1cc(C)cc(C)c1. The average molecular weight is 540 g/mol. The molecule has 1 atom stereocenters. The van der Waals surface area contributed by atoms with Gasteiger partial charge in [-0.1, -0.05) is 66.9 Å². The van der Waals surface area contributed by atoms with Crippen molar-refractivity contribution in [3.8, 4) is 5.75 Å². The summed E-state index contributed by atoms with van der Waals surface area (Å²) in [4.78, 5) is 25.5. The Hall–Kier alpha value is -3.38. The number of amides is 1. The predicted molar refractivity (Wildman–Crippen MR) is 148 cm³/mol. The highest BCUT2D eigenvalue weighted by atomic mass is 35.5. The van der Waals surface area contributed by atoms with Crippen molar-refractivity contribution >= 4 is 23.5 Å². The van der Waals surface area contributed by atoms with Crippen LogP contribution in [0.25, 0.3) is 0 Å². The number of ether oxygens (including phenoxy) is 2. The van der Waals surface area contributed by atoms with Gasteiger partial charge in [-0.2, -0.15) is 0 Å². The van der Waals surface area contributed by atoms with Crippen molar-refractivity contribution < 1.29 is 23.5 Å². The minimum absolute atomic E-state index is 0.0907. The van der Waals surface area contributed by atoms with Gasteiger partial charge in [0.2, 0.25) is 0 Å². The quantitative estimate of drug-likeness (QED) is 0.260. The minimum atomic E-state index is -0.463. The van der Waals surface area contributed by atoms with Gasteiger partial charge < -0.3 is 14.8 Å². The fourth-order valence-electron chi connectivity index (χ4n) is 4.44. The largest absolute Gasteiger partial charge is 0.489 e. The number of methoxy groups -OCH3 is 1. The van der Waals surface area contributed by atoms with E-state index in [1.54, 1.807) is 24.3 Å². The number of carbonyl (C=O) groups is 2. The van der Waals surface area contributed by atoms with Crippen LogP contribution in [0, 0.1) is 25.6 Å². The van der Waals surface area contributed by atoms with Crippen LogP contribution in [0.1, 0.15) is 70.9 Å². The number of carbonyl (C=O) groups excluding carboxylic acids is 2. The highest BCUT2D eigenvalue weighted by Crippen LogP contribution is 2.27. The summed E-state index contributed by atoms with van der Waals surface area (Å²) in [7, 11) is 1.33. The van der Waals surface area contributed by atoms with Crippen LogP contribution in [-0.2, 0) is 22.6 Å². The van der Waals surface area contributed by atoms with Crippen molar-refractivity contribution in [1.29, 1.82) is 0 Å². The number of nitrogens with one attached hydrogen (secondary N) is 1. The van der Waals surface area contributed by atoms with Crippen LogP contribution in [0.5, 0.6) is 5.75 Å². The van der Waals surface area contributed by atoms with E-state index >= 15 is 0 Å². The highest BCUT2D eigenvalue weighted by Gasteiger charge is 2.21. The predicted octanol–water partition coefficient (Wildman–Crippen LogP) is 7.30. The smallest absolute Gasteiger partial charge is 0.305 e. The molecule has 0 bridgehead atoms. The number of rotatable bonds is 11. The van der Waals surface area contributed by atoms with Gasteiger partial charge in [0, 0.05) is 17.5 Å². The van der Waals surface area contributed by atoms with Crippen LogP contribution in [0.4, 0.5) is 4.39 Å². The minimum Gasteiger partial charge on any atom is -0.489 e. The molecule has 0 heterocycles. The summed E-state index contributed by atoms with van der Waals surface area (Å²) in [5, 5.41) is 3.47. The van der Waals surface area contributed by atoms with Gasteiger partial charge in [0.15, 0.2) is 0 Å². The third-order valence-corrected chi connectivity index (χ3v) is 6.61. The number of esters is 1. The Kier molecular flexibility index (Phi) is 10.3. The number of benzene rings is 3.